The molecule has 0 atom stereocenters. The lowest BCUT2D eigenvalue weighted by Gasteiger charge is -2.24. The van der Waals surface area contributed by atoms with Crippen LogP contribution >= 0.6 is 11.6 Å². The number of rotatable bonds is 6. The van der Waals surface area contributed by atoms with Crippen LogP contribution in [0.15, 0.2) is 48.5 Å². The topological polar surface area (TPSA) is 72.3 Å². The molecule has 1 aliphatic heterocycles. The number of nitrogens with zero attached hydrogens (tertiary/aromatic N) is 4. The third-order valence-electron chi connectivity index (χ3n) is 5.31. The molecule has 0 radical (unpaired) electrons. The Kier molecular flexibility index (Phi) is 6.72. The van der Waals surface area contributed by atoms with E-state index < -0.39 is 0 Å². The first-order valence-corrected chi connectivity index (χ1v) is 11.0. The molecule has 0 saturated heterocycles. The molecule has 0 spiro atoms. The zero-order chi connectivity index (χ0) is 21.6. The van der Waals surface area contributed by atoms with E-state index >= 15 is 0 Å². The van der Waals surface area contributed by atoms with Crippen LogP contribution in [0, 0.1) is 0 Å². The van der Waals surface area contributed by atoms with E-state index in [1.807, 2.05) is 43.3 Å². The van der Waals surface area contributed by atoms with Crippen LogP contribution in [0.1, 0.15) is 37.8 Å². The van der Waals surface area contributed by atoms with Crippen LogP contribution in [0.5, 0.6) is 5.75 Å². The van der Waals surface area contributed by atoms with Crippen LogP contribution in [0.2, 0.25) is 5.02 Å². The lowest BCUT2D eigenvalue weighted by Crippen LogP contribution is -2.35. The number of nitrogens with one attached hydrogen (secondary N) is 1. The molecular formula is C23H26ClN5O2. The predicted octanol–water partition coefficient (Wildman–Crippen LogP) is 5.30. The van der Waals surface area contributed by atoms with E-state index in [-0.39, 0.29) is 6.03 Å². The van der Waals surface area contributed by atoms with Crippen LogP contribution in [-0.4, -0.2) is 27.4 Å². The Labute approximate surface area is 187 Å². The normalized spacial score (nSPS) is 13.2. The molecular weight excluding hydrogens is 414 g/mol. The molecule has 0 saturated carbocycles. The molecule has 2 heterocycles. The Morgan fingerprint density at radius 1 is 1.13 bits per heavy atom. The molecule has 0 fully saturated rings. The van der Waals surface area contributed by atoms with Crippen LogP contribution < -0.4 is 15.0 Å². The number of benzene rings is 2. The summed E-state index contributed by atoms with van der Waals surface area (Å²) in [7, 11) is 0. The van der Waals surface area contributed by atoms with Gasteiger partial charge in [0, 0.05) is 18.7 Å². The number of carbonyl (C=O) groups is 1. The van der Waals surface area contributed by atoms with Gasteiger partial charge in [-0.3, -0.25) is 4.90 Å². The van der Waals surface area contributed by atoms with Crippen molar-refractivity contribution in [3.05, 3.63) is 65.2 Å². The van der Waals surface area contributed by atoms with Gasteiger partial charge in [-0.1, -0.05) is 30.2 Å². The fourth-order valence-electron chi connectivity index (χ4n) is 3.72. The van der Waals surface area contributed by atoms with Crippen LogP contribution in [-0.2, 0) is 19.5 Å². The molecule has 7 nitrogen and oxygen atoms in total. The first kappa shape index (κ1) is 21.2. The number of aryl methyl sites for hydroxylation is 1. The SMILES string of the molecule is CCOc1ccc(N(Cc2nnc3n2CCCCC3)C(=O)Nc2ccccc2Cl)cc1. The Morgan fingerprint density at radius 3 is 2.71 bits per heavy atom. The molecule has 31 heavy (non-hydrogen) atoms. The summed E-state index contributed by atoms with van der Waals surface area (Å²) in [5.41, 5.74) is 1.30. The maximum Gasteiger partial charge on any atom is 0.326 e. The summed E-state index contributed by atoms with van der Waals surface area (Å²) in [5, 5.41) is 12.2. The number of aromatic nitrogens is 3. The van der Waals surface area contributed by atoms with Gasteiger partial charge in [0.15, 0.2) is 5.82 Å². The molecule has 0 aliphatic carbocycles. The van der Waals surface area contributed by atoms with Gasteiger partial charge < -0.3 is 14.6 Å². The summed E-state index contributed by atoms with van der Waals surface area (Å²) in [6.45, 7) is 3.70. The average molecular weight is 440 g/mol. The summed E-state index contributed by atoms with van der Waals surface area (Å²) in [6, 6.07) is 14.4. The van der Waals surface area contributed by atoms with Crippen molar-refractivity contribution in [2.24, 2.45) is 0 Å². The highest BCUT2D eigenvalue weighted by molar-refractivity contribution is 6.33. The maximum absolute atomic E-state index is 13.3. The molecule has 1 aromatic heterocycles. The van der Waals surface area contributed by atoms with Gasteiger partial charge in [-0.15, -0.1) is 10.2 Å². The Hall–Kier alpha value is -3.06. The molecule has 1 aliphatic rings. The summed E-state index contributed by atoms with van der Waals surface area (Å²) >= 11 is 6.25. The van der Waals surface area contributed by atoms with Gasteiger partial charge in [0.2, 0.25) is 0 Å². The van der Waals surface area contributed by atoms with Gasteiger partial charge in [0.1, 0.15) is 11.6 Å². The number of halogens is 1. The van der Waals surface area contributed by atoms with Gasteiger partial charge in [0.05, 0.1) is 23.9 Å². The predicted molar refractivity (Wildman–Crippen MR) is 122 cm³/mol. The second kappa shape index (κ2) is 9.83. The Balaban J connectivity index is 1.63. The molecule has 4 rings (SSSR count). The molecule has 0 bridgehead atoms. The van der Waals surface area contributed by atoms with Gasteiger partial charge in [0.25, 0.3) is 0 Å². The van der Waals surface area contributed by atoms with E-state index in [0.29, 0.717) is 23.9 Å². The Bertz CT molecular complexity index is 1030. The molecule has 2 amide bonds. The minimum atomic E-state index is -0.289. The lowest BCUT2D eigenvalue weighted by molar-refractivity contribution is 0.256. The third kappa shape index (κ3) is 4.99. The van der Waals surface area contributed by atoms with Gasteiger partial charge in [-0.2, -0.15) is 0 Å². The van der Waals surface area contributed by atoms with Crippen molar-refractivity contribution in [2.45, 2.75) is 45.7 Å². The molecule has 8 heteroatoms. The highest BCUT2D eigenvalue weighted by Crippen LogP contribution is 2.25. The van der Waals surface area contributed by atoms with Crippen molar-refractivity contribution in [3.8, 4) is 5.75 Å². The number of hydrogen-bond donors (Lipinski definition) is 1. The van der Waals surface area contributed by atoms with E-state index in [1.54, 1.807) is 17.0 Å². The van der Waals surface area contributed by atoms with Crippen LogP contribution in [0.4, 0.5) is 16.2 Å². The average Bonchev–Trinajstić information content (AvgIpc) is 3.00. The van der Waals surface area contributed by atoms with Crippen molar-refractivity contribution >= 4 is 29.0 Å². The van der Waals surface area contributed by atoms with Crippen molar-refractivity contribution < 1.29 is 9.53 Å². The monoisotopic (exact) mass is 439 g/mol. The molecule has 162 valence electrons. The second-order valence-electron chi connectivity index (χ2n) is 7.42. The fourth-order valence-corrected chi connectivity index (χ4v) is 3.90. The zero-order valence-electron chi connectivity index (χ0n) is 17.6. The van der Waals surface area contributed by atoms with E-state index in [4.69, 9.17) is 16.3 Å². The number of amides is 2. The van der Waals surface area contributed by atoms with E-state index in [0.717, 1.165) is 48.9 Å². The number of hydrogen-bond acceptors (Lipinski definition) is 4. The molecule has 2 aromatic carbocycles. The quantitative estimate of drug-likeness (QED) is 0.566. The second-order valence-corrected chi connectivity index (χ2v) is 7.83. The van der Waals surface area contributed by atoms with E-state index in [2.05, 4.69) is 20.1 Å². The lowest BCUT2D eigenvalue weighted by atomic mass is 10.2. The summed E-state index contributed by atoms with van der Waals surface area (Å²) in [5.74, 6) is 2.53. The third-order valence-corrected chi connectivity index (χ3v) is 5.64. The smallest absolute Gasteiger partial charge is 0.326 e. The highest BCUT2D eigenvalue weighted by Gasteiger charge is 2.22. The standard InChI is InChI=1S/C23H26ClN5O2/c1-2-31-18-13-11-17(12-14-18)29(23(30)25-20-9-6-5-8-19(20)24)16-22-27-26-21-10-4-3-7-15-28(21)22/h5-6,8-9,11-14H,2-4,7,10,15-16H2,1H3,(H,25,30). The Morgan fingerprint density at radius 2 is 1.94 bits per heavy atom. The largest absolute Gasteiger partial charge is 0.494 e. The van der Waals surface area contributed by atoms with Crippen molar-refractivity contribution in [1.29, 1.82) is 0 Å². The van der Waals surface area contributed by atoms with Gasteiger partial charge >= 0.3 is 6.03 Å². The number of ether oxygens (including phenoxy) is 1. The van der Waals surface area contributed by atoms with Crippen LogP contribution in [0.25, 0.3) is 0 Å². The highest BCUT2D eigenvalue weighted by atomic mass is 35.5. The van der Waals surface area contributed by atoms with Gasteiger partial charge in [-0.05, 0) is 56.2 Å². The van der Waals surface area contributed by atoms with E-state index in [1.165, 1.54) is 6.42 Å². The fraction of sp³-hybridized carbons (Fsp3) is 0.348. The molecule has 3 aromatic rings. The minimum absolute atomic E-state index is 0.289. The minimum Gasteiger partial charge on any atom is -0.494 e. The zero-order valence-corrected chi connectivity index (χ0v) is 18.3. The van der Waals surface area contributed by atoms with Crippen LogP contribution in [0.3, 0.4) is 0 Å². The van der Waals surface area contributed by atoms with Gasteiger partial charge in [-0.25, -0.2) is 4.79 Å². The van der Waals surface area contributed by atoms with Crippen molar-refractivity contribution in [1.82, 2.24) is 14.8 Å². The number of fused-ring (bicyclic) bond motifs is 1. The first-order chi connectivity index (χ1) is 15.2. The summed E-state index contributed by atoms with van der Waals surface area (Å²) in [4.78, 5) is 15.0. The maximum atomic E-state index is 13.3. The first-order valence-electron chi connectivity index (χ1n) is 10.6. The van der Waals surface area contributed by atoms with Crippen molar-refractivity contribution in [2.75, 3.05) is 16.8 Å². The molecule has 1 N–H and O–H groups in total. The number of para-hydroxylation sites is 1. The number of urea groups is 1. The summed E-state index contributed by atoms with van der Waals surface area (Å²) in [6.07, 6.45) is 4.31. The number of carbonyl (C=O) groups excluding carboxylic acids is 1. The summed E-state index contributed by atoms with van der Waals surface area (Å²) < 4.78 is 7.69. The molecule has 0 unspecified atom stereocenters. The number of anilines is 2. The van der Waals surface area contributed by atoms with E-state index in [9.17, 15) is 4.79 Å². The van der Waals surface area contributed by atoms with Crippen molar-refractivity contribution in [3.63, 3.8) is 0 Å².